The summed E-state index contributed by atoms with van der Waals surface area (Å²) >= 11 is -2.15. The fourth-order valence-electron chi connectivity index (χ4n) is 0.872. The van der Waals surface area contributed by atoms with Gasteiger partial charge >= 0.3 is 21.1 Å². The number of halogens is 1. The summed E-state index contributed by atoms with van der Waals surface area (Å²) in [5, 5.41) is 0. The highest BCUT2D eigenvalue weighted by atomic mass is 127. The molecule has 0 spiro atoms. The first-order valence-corrected chi connectivity index (χ1v) is 7.03. The Kier molecular flexibility index (Phi) is 4.48. The number of thiazole rings is 1. The number of aromatic nitrogens is 1. The fourth-order valence-corrected chi connectivity index (χ4v) is 1.60. The largest absolute Gasteiger partial charge is 0.503 e. The van der Waals surface area contributed by atoms with Crippen LogP contribution in [0.15, 0.2) is 23.7 Å². The van der Waals surface area contributed by atoms with Crippen LogP contribution < -0.4 is 33.7 Å². The van der Waals surface area contributed by atoms with E-state index in [1.54, 1.807) is 11.3 Å². The monoisotopic (exact) mass is 326 g/mol. The first-order chi connectivity index (χ1) is 6.59. The molecule has 3 N–H and O–H groups in total. The van der Waals surface area contributed by atoms with Crippen molar-refractivity contribution in [1.29, 1.82) is 0 Å². The van der Waals surface area contributed by atoms with E-state index >= 15 is 0 Å². The lowest BCUT2D eigenvalue weighted by Gasteiger charge is -1.89. The Labute approximate surface area is 92.9 Å². The van der Waals surface area contributed by atoms with Crippen LogP contribution in [-0.2, 0) is 0 Å². The molecular formula is C7H7IN2O3S. The van der Waals surface area contributed by atoms with Gasteiger partial charge in [-0.15, -0.1) is 11.3 Å². The molecular weight excluding hydrogens is 319 g/mol. The molecule has 0 aliphatic rings. The van der Waals surface area contributed by atoms with Crippen LogP contribution in [0.4, 0.5) is 5.69 Å². The number of anilines is 1. The van der Waals surface area contributed by atoms with Gasteiger partial charge in [0.05, 0.1) is 15.7 Å². The molecule has 0 saturated carbocycles. The van der Waals surface area contributed by atoms with Gasteiger partial charge in [0.1, 0.15) is 0 Å². The minimum absolute atomic E-state index is 0.803. The number of nitrogens with zero attached hydrogens (tertiary/aromatic N) is 1. The normalized spacial score (nSPS) is 10.0. The van der Waals surface area contributed by atoms with Crippen molar-refractivity contribution in [1.82, 2.24) is 4.98 Å². The summed E-state index contributed by atoms with van der Waals surface area (Å²) in [6, 6.07) is 5.73. The third kappa shape index (κ3) is 3.72. The van der Waals surface area contributed by atoms with Gasteiger partial charge in [0.2, 0.25) is 0 Å². The first-order valence-electron chi connectivity index (χ1n) is 3.43. The molecule has 0 aliphatic carbocycles. The zero-order chi connectivity index (χ0) is 10.6. The van der Waals surface area contributed by atoms with Gasteiger partial charge in [-0.25, -0.2) is 4.98 Å². The summed E-state index contributed by atoms with van der Waals surface area (Å²) < 4.78 is 25.6. The summed E-state index contributed by atoms with van der Waals surface area (Å²) in [5.74, 6) is 0. The summed E-state index contributed by atoms with van der Waals surface area (Å²) in [6.07, 6.45) is 0. The minimum Gasteiger partial charge on any atom is -0.399 e. The molecule has 0 radical (unpaired) electrons. The predicted octanol–water partition coefficient (Wildman–Crippen LogP) is -4.05. The maximum Gasteiger partial charge on any atom is 0.503 e. The molecule has 0 bridgehead atoms. The highest BCUT2D eigenvalue weighted by Gasteiger charge is 1.93. The lowest BCUT2D eigenvalue weighted by Crippen LogP contribution is -3.98. The van der Waals surface area contributed by atoms with Crippen molar-refractivity contribution >= 4 is 27.2 Å². The third-order valence-electron chi connectivity index (χ3n) is 1.36. The van der Waals surface area contributed by atoms with Gasteiger partial charge in [0, 0.05) is 5.69 Å². The second kappa shape index (κ2) is 5.41. The number of nitrogen functional groups attached to an aromatic ring is 1. The standard InChI is InChI=1S/C7H6N2S.HIO3/c8-5-1-2-6-7(3-5)10-4-9-6;2-1(3)4/h1-4H,8H2;2H. The Morgan fingerprint density at radius 1 is 1.43 bits per heavy atom. The molecule has 14 heavy (non-hydrogen) atoms. The van der Waals surface area contributed by atoms with Crippen LogP contribution >= 0.6 is 11.3 Å². The number of rotatable bonds is 0. The van der Waals surface area contributed by atoms with Gasteiger partial charge in [-0.3, -0.25) is 0 Å². The highest BCUT2D eigenvalue weighted by molar-refractivity contribution is 7.16. The van der Waals surface area contributed by atoms with Crippen LogP contribution in [0.1, 0.15) is 0 Å². The zero-order valence-corrected chi connectivity index (χ0v) is 9.86. The minimum atomic E-state index is -3.76. The second-order valence-electron chi connectivity index (χ2n) is 2.28. The molecule has 0 fully saturated rings. The van der Waals surface area contributed by atoms with Crippen molar-refractivity contribution in [3.8, 4) is 0 Å². The number of hydrogen-bond donors (Lipinski definition) is 2. The number of nitrogens with two attached hydrogens (primary N) is 1. The lowest BCUT2D eigenvalue weighted by molar-refractivity contribution is -1.63. The zero-order valence-electron chi connectivity index (χ0n) is 6.88. The Morgan fingerprint density at radius 2 is 2.07 bits per heavy atom. The van der Waals surface area contributed by atoms with E-state index in [9.17, 15) is 0 Å². The maximum atomic E-state index is 8.68. The Bertz CT molecular complexity index is 404. The molecule has 0 amide bonds. The van der Waals surface area contributed by atoms with E-state index in [2.05, 4.69) is 4.98 Å². The predicted molar refractivity (Wildman–Crippen MR) is 46.3 cm³/mol. The van der Waals surface area contributed by atoms with Crippen LogP contribution in [0, 0.1) is 0 Å². The van der Waals surface area contributed by atoms with Gasteiger partial charge in [-0.1, -0.05) is 0 Å². The number of hydrogen-bond acceptors (Lipinski definition) is 6. The van der Waals surface area contributed by atoms with Crippen molar-refractivity contribution in [2.24, 2.45) is 0 Å². The number of benzene rings is 1. The van der Waals surface area contributed by atoms with E-state index in [0.29, 0.717) is 0 Å². The molecule has 0 aliphatic heterocycles. The summed E-state index contributed by atoms with van der Waals surface area (Å²) in [5.41, 5.74) is 9.22. The van der Waals surface area contributed by atoms with Gasteiger partial charge in [0.25, 0.3) is 0 Å². The molecule has 0 atom stereocenters. The third-order valence-corrected chi connectivity index (χ3v) is 2.15. The van der Waals surface area contributed by atoms with Crippen LogP contribution in [0.25, 0.3) is 10.2 Å². The van der Waals surface area contributed by atoms with Crippen molar-refractivity contribution < 1.29 is 31.4 Å². The van der Waals surface area contributed by atoms with Crippen molar-refractivity contribution in [2.75, 3.05) is 5.73 Å². The topological polar surface area (TPSA) is 105 Å². The Hall–Kier alpha value is -0.480. The lowest BCUT2D eigenvalue weighted by atomic mass is 10.3. The van der Waals surface area contributed by atoms with Crippen LogP contribution in [0.2, 0.25) is 0 Å². The Morgan fingerprint density at radius 3 is 2.71 bits per heavy atom. The van der Waals surface area contributed by atoms with E-state index in [-0.39, 0.29) is 0 Å². The van der Waals surface area contributed by atoms with E-state index < -0.39 is 21.1 Å². The fraction of sp³-hybridized carbons (Fsp3) is 0. The quantitative estimate of drug-likeness (QED) is 0.379. The van der Waals surface area contributed by atoms with Gasteiger partial charge in [-0.05, 0) is 21.6 Å². The van der Waals surface area contributed by atoms with Crippen LogP contribution in [0.5, 0.6) is 0 Å². The molecule has 1 aromatic heterocycles. The summed E-state index contributed by atoms with van der Waals surface area (Å²) in [7, 11) is 0. The summed E-state index contributed by atoms with van der Waals surface area (Å²) in [4.78, 5) is 4.12. The Balaban J connectivity index is 0.000000213. The molecule has 76 valence electrons. The highest BCUT2D eigenvalue weighted by Crippen LogP contribution is 2.19. The van der Waals surface area contributed by atoms with Crippen LogP contribution in [-0.4, -0.2) is 8.42 Å². The molecule has 2 rings (SSSR count). The maximum absolute atomic E-state index is 8.68. The second-order valence-corrected chi connectivity index (χ2v) is 4.31. The van der Waals surface area contributed by atoms with E-state index in [4.69, 9.17) is 16.0 Å². The van der Waals surface area contributed by atoms with Gasteiger partial charge < -0.3 is 12.6 Å². The molecule has 0 saturated heterocycles. The number of fused-ring (bicyclic) bond motifs is 1. The van der Waals surface area contributed by atoms with Crippen molar-refractivity contribution in [2.45, 2.75) is 0 Å². The average Bonchev–Trinajstić information content (AvgIpc) is 2.49. The van der Waals surface area contributed by atoms with Gasteiger partial charge in [0.15, 0.2) is 0 Å². The average molecular weight is 326 g/mol. The summed E-state index contributed by atoms with van der Waals surface area (Å²) in [6.45, 7) is 0. The smallest absolute Gasteiger partial charge is 0.399 e. The van der Waals surface area contributed by atoms with E-state index in [1.165, 1.54) is 0 Å². The van der Waals surface area contributed by atoms with Crippen molar-refractivity contribution in [3.63, 3.8) is 0 Å². The molecule has 0 unspecified atom stereocenters. The van der Waals surface area contributed by atoms with Gasteiger partial charge in [-0.2, -0.15) is 0 Å². The molecule has 7 heteroatoms. The van der Waals surface area contributed by atoms with E-state index in [0.717, 1.165) is 15.9 Å². The molecule has 1 heterocycles. The SMILES string of the molecule is Nc1ccc2ncsc2c1.[O-][I+2]([O-])O. The van der Waals surface area contributed by atoms with Crippen molar-refractivity contribution in [3.05, 3.63) is 23.7 Å². The van der Waals surface area contributed by atoms with Crippen LogP contribution in [0.3, 0.4) is 0 Å². The first kappa shape index (κ1) is 11.6. The molecule has 5 nitrogen and oxygen atoms in total. The van der Waals surface area contributed by atoms with E-state index in [1.807, 2.05) is 23.7 Å². The molecule has 1 aromatic carbocycles. The molecule has 2 aromatic rings.